The molecule has 0 aliphatic carbocycles. The lowest BCUT2D eigenvalue weighted by Crippen LogP contribution is -2.52. The zero-order valence-corrected chi connectivity index (χ0v) is 20.2. The van der Waals surface area contributed by atoms with Gasteiger partial charge in [-0.1, -0.05) is 6.42 Å². The Morgan fingerprint density at radius 3 is 2.79 bits per heavy atom. The molecular weight excluding hydrogens is 434 g/mol. The van der Waals surface area contributed by atoms with Gasteiger partial charge in [-0.2, -0.15) is 0 Å². The molecule has 186 valence electrons. The summed E-state index contributed by atoms with van der Waals surface area (Å²) in [5, 5.41) is 0. The van der Waals surface area contributed by atoms with Crippen molar-refractivity contribution in [2.75, 3.05) is 64.6 Å². The molecule has 0 bridgehead atoms. The second-order valence-corrected chi connectivity index (χ2v) is 10.0. The van der Waals surface area contributed by atoms with Crippen molar-refractivity contribution in [3.05, 3.63) is 18.2 Å². The molecule has 3 atom stereocenters. The predicted molar refractivity (Wildman–Crippen MR) is 128 cm³/mol. The molecule has 3 saturated heterocycles. The number of hydrogen-bond acceptors (Lipinski definition) is 6. The van der Waals surface area contributed by atoms with Crippen LogP contribution >= 0.6 is 0 Å². The maximum Gasteiger partial charge on any atom is 0.228 e. The highest BCUT2D eigenvalue weighted by Gasteiger charge is 2.40. The van der Waals surface area contributed by atoms with Gasteiger partial charge in [-0.3, -0.25) is 9.59 Å². The number of ether oxygens (including phenoxy) is 3. The van der Waals surface area contributed by atoms with Crippen molar-refractivity contribution in [1.82, 2.24) is 9.80 Å². The summed E-state index contributed by atoms with van der Waals surface area (Å²) in [5.74, 6) is 1.59. The highest BCUT2D eigenvalue weighted by atomic mass is 16.6. The van der Waals surface area contributed by atoms with Gasteiger partial charge in [0.15, 0.2) is 11.5 Å². The summed E-state index contributed by atoms with van der Waals surface area (Å²) in [5.41, 5.74) is 0.762. The molecule has 4 aliphatic heterocycles. The number of carbonyl (C=O) groups is 2. The first kappa shape index (κ1) is 23.4. The molecule has 34 heavy (non-hydrogen) atoms. The lowest BCUT2D eigenvalue weighted by atomic mass is 9.83. The number of benzene rings is 1. The molecule has 8 nitrogen and oxygen atoms in total. The summed E-state index contributed by atoms with van der Waals surface area (Å²) in [6.07, 6.45) is 6.42. The van der Waals surface area contributed by atoms with Crippen LogP contribution in [0, 0.1) is 11.8 Å². The quantitative estimate of drug-likeness (QED) is 0.609. The van der Waals surface area contributed by atoms with Crippen molar-refractivity contribution in [3.63, 3.8) is 0 Å². The number of methoxy groups -OCH3 is 1. The molecule has 0 saturated carbocycles. The number of hydrogen-bond donors (Lipinski definition) is 0. The molecule has 1 aromatic carbocycles. The summed E-state index contributed by atoms with van der Waals surface area (Å²) in [6.45, 7) is 5.66. The maximum absolute atomic E-state index is 13.7. The van der Waals surface area contributed by atoms with E-state index in [4.69, 9.17) is 14.2 Å². The minimum Gasteiger partial charge on any atom is -0.486 e. The van der Waals surface area contributed by atoms with E-state index in [0.29, 0.717) is 56.4 Å². The van der Waals surface area contributed by atoms with Gasteiger partial charge in [-0.15, -0.1) is 0 Å². The first-order valence-electron chi connectivity index (χ1n) is 12.9. The van der Waals surface area contributed by atoms with Crippen molar-refractivity contribution < 1.29 is 23.8 Å². The molecule has 3 unspecified atom stereocenters. The average Bonchev–Trinajstić information content (AvgIpc) is 3.27. The summed E-state index contributed by atoms with van der Waals surface area (Å²) < 4.78 is 16.6. The van der Waals surface area contributed by atoms with Crippen LogP contribution in [0.15, 0.2) is 18.2 Å². The van der Waals surface area contributed by atoms with Crippen LogP contribution in [0.4, 0.5) is 5.69 Å². The van der Waals surface area contributed by atoms with E-state index in [2.05, 4.69) is 4.90 Å². The second-order valence-electron chi connectivity index (χ2n) is 10.0. The Hall–Kier alpha value is -2.32. The summed E-state index contributed by atoms with van der Waals surface area (Å²) >= 11 is 0. The molecule has 4 aliphatic rings. The van der Waals surface area contributed by atoms with Gasteiger partial charge in [0.25, 0.3) is 0 Å². The number of rotatable bonds is 7. The number of fused-ring (bicyclic) bond motifs is 2. The topological polar surface area (TPSA) is 71.6 Å². The van der Waals surface area contributed by atoms with E-state index in [0.717, 1.165) is 12.2 Å². The smallest absolute Gasteiger partial charge is 0.228 e. The first-order chi connectivity index (χ1) is 16.6. The van der Waals surface area contributed by atoms with Gasteiger partial charge < -0.3 is 28.9 Å². The van der Waals surface area contributed by atoms with Crippen molar-refractivity contribution in [3.8, 4) is 11.5 Å². The Morgan fingerprint density at radius 1 is 1.12 bits per heavy atom. The highest BCUT2D eigenvalue weighted by Crippen LogP contribution is 2.37. The Balaban J connectivity index is 1.27. The largest absolute Gasteiger partial charge is 0.486 e. The third-order valence-electron chi connectivity index (χ3n) is 7.87. The molecule has 0 aromatic heterocycles. The Kier molecular flexibility index (Phi) is 7.25. The van der Waals surface area contributed by atoms with Crippen molar-refractivity contribution in [2.45, 2.75) is 44.6 Å². The van der Waals surface area contributed by atoms with Crippen LogP contribution in [0.2, 0.25) is 0 Å². The van der Waals surface area contributed by atoms with Gasteiger partial charge in [0.05, 0.1) is 12.5 Å². The molecule has 0 spiro atoms. The molecule has 5 rings (SSSR count). The molecular formula is C26H37N3O5. The van der Waals surface area contributed by atoms with Crippen LogP contribution in [0.5, 0.6) is 11.5 Å². The van der Waals surface area contributed by atoms with E-state index in [1.165, 1.54) is 45.2 Å². The van der Waals surface area contributed by atoms with E-state index in [9.17, 15) is 9.59 Å². The number of amides is 2. The van der Waals surface area contributed by atoms with Gasteiger partial charge in [-0.25, -0.2) is 0 Å². The van der Waals surface area contributed by atoms with Crippen LogP contribution in [0.3, 0.4) is 0 Å². The van der Waals surface area contributed by atoms with Crippen molar-refractivity contribution >= 4 is 17.5 Å². The van der Waals surface area contributed by atoms with Crippen LogP contribution in [0.1, 0.15) is 38.5 Å². The van der Waals surface area contributed by atoms with E-state index in [1.807, 2.05) is 23.1 Å². The van der Waals surface area contributed by atoms with Crippen LogP contribution < -0.4 is 14.4 Å². The number of nitrogens with zero attached hydrogens (tertiary/aromatic N) is 3. The lowest BCUT2D eigenvalue weighted by molar-refractivity contribution is -0.137. The van der Waals surface area contributed by atoms with Gasteiger partial charge in [0, 0.05) is 51.0 Å². The Labute approximate surface area is 202 Å². The zero-order valence-electron chi connectivity index (χ0n) is 20.2. The number of carbonyl (C=O) groups excluding carboxylic acids is 2. The molecule has 2 amide bonds. The average molecular weight is 472 g/mol. The summed E-state index contributed by atoms with van der Waals surface area (Å²) in [4.78, 5) is 32.9. The van der Waals surface area contributed by atoms with Gasteiger partial charge in [-0.05, 0) is 56.8 Å². The van der Waals surface area contributed by atoms with E-state index in [-0.39, 0.29) is 24.2 Å². The summed E-state index contributed by atoms with van der Waals surface area (Å²) in [7, 11) is 1.68. The van der Waals surface area contributed by atoms with E-state index in [1.54, 1.807) is 12.0 Å². The maximum atomic E-state index is 13.7. The Morgan fingerprint density at radius 2 is 1.94 bits per heavy atom. The molecule has 1 aromatic rings. The minimum absolute atomic E-state index is 0.0159. The van der Waals surface area contributed by atoms with E-state index >= 15 is 0 Å². The molecule has 8 heteroatoms. The van der Waals surface area contributed by atoms with Crippen LogP contribution in [-0.2, 0) is 14.3 Å². The molecule has 4 heterocycles. The van der Waals surface area contributed by atoms with E-state index < -0.39 is 0 Å². The molecule has 0 N–H and O–H groups in total. The third kappa shape index (κ3) is 4.89. The Bertz CT molecular complexity index is 891. The fourth-order valence-electron chi connectivity index (χ4n) is 6.15. The first-order valence-corrected chi connectivity index (χ1v) is 12.9. The van der Waals surface area contributed by atoms with Crippen LogP contribution in [-0.4, -0.2) is 87.3 Å². The molecule has 3 fully saturated rings. The fraction of sp³-hybridized carbons (Fsp3) is 0.692. The van der Waals surface area contributed by atoms with Crippen molar-refractivity contribution in [1.29, 1.82) is 0 Å². The zero-order chi connectivity index (χ0) is 23.5. The van der Waals surface area contributed by atoms with Gasteiger partial charge in [0.2, 0.25) is 11.8 Å². The minimum atomic E-state index is -0.330. The van der Waals surface area contributed by atoms with Gasteiger partial charge >= 0.3 is 0 Å². The third-order valence-corrected chi connectivity index (χ3v) is 7.87. The second kappa shape index (κ2) is 10.5. The fourth-order valence-corrected chi connectivity index (χ4v) is 6.15. The van der Waals surface area contributed by atoms with Crippen molar-refractivity contribution in [2.24, 2.45) is 11.8 Å². The number of piperidine rings is 2. The SMILES string of the molecule is COCCN(CC1CCCN2CCCCC12)C(=O)C1CC(=O)N(c2ccc3c(c2)OCCO3)C1. The predicted octanol–water partition coefficient (Wildman–Crippen LogP) is 2.55. The van der Waals surface area contributed by atoms with Crippen LogP contribution in [0.25, 0.3) is 0 Å². The standard InChI is InChI=1S/C26H37N3O5/c1-32-12-11-28(17-19-5-4-10-27-9-3-2-6-22(19)27)26(31)20-15-25(30)29(18-20)21-7-8-23-24(16-21)34-14-13-33-23/h7-8,16,19-20,22H,2-6,9-15,17-18H2,1H3. The van der Waals surface area contributed by atoms with Gasteiger partial charge in [0.1, 0.15) is 13.2 Å². The monoisotopic (exact) mass is 471 g/mol. The normalized spacial score (nSPS) is 26.9. The highest BCUT2D eigenvalue weighted by molar-refractivity contribution is 6.00. The molecule has 0 radical (unpaired) electrons. The summed E-state index contributed by atoms with van der Waals surface area (Å²) in [6, 6.07) is 6.15. The lowest BCUT2D eigenvalue weighted by Gasteiger charge is -2.46. The number of anilines is 1.